The van der Waals surface area contributed by atoms with Crippen molar-refractivity contribution >= 4 is 16.9 Å². The summed E-state index contributed by atoms with van der Waals surface area (Å²) in [7, 11) is 0. The molecule has 8 heteroatoms. The largest absolute Gasteiger partial charge is 0.354 e. The fraction of sp³-hybridized carbons (Fsp3) is 0.320. The van der Waals surface area contributed by atoms with E-state index in [-0.39, 0.29) is 11.8 Å². The topological polar surface area (TPSA) is 64.7 Å². The molecule has 0 saturated carbocycles. The Kier molecular flexibility index (Phi) is 6.53. The Morgan fingerprint density at radius 3 is 2.58 bits per heavy atom. The summed E-state index contributed by atoms with van der Waals surface area (Å²) in [6.45, 7) is 6.30. The van der Waals surface area contributed by atoms with E-state index < -0.39 is 17.7 Å². The minimum absolute atomic E-state index is 0.0677. The summed E-state index contributed by atoms with van der Waals surface area (Å²) in [6, 6.07) is 11.5. The Bertz CT molecular complexity index is 1260. The molecular formula is C25H27F2N5O. The maximum atomic E-state index is 13.8. The fourth-order valence-electron chi connectivity index (χ4n) is 4.04. The highest BCUT2D eigenvalue weighted by Crippen LogP contribution is 2.25. The summed E-state index contributed by atoms with van der Waals surface area (Å²) >= 11 is 0. The third-order valence-corrected chi connectivity index (χ3v) is 5.76. The highest BCUT2D eigenvalue weighted by Gasteiger charge is 2.26. The first kappa shape index (κ1) is 22.6. The van der Waals surface area contributed by atoms with Gasteiger partial charge in [0.15, 0.2) is 11.6 Å². The number of carbonyl (C=O) groups excluding carboxylic acids is 1. The molecular weight excluding hydrogens is 424 g/mol. The SMILES string of the molecule is Cc1nn(-c2ccccc2)cc1CCCNC(=O)C(C(C)C)n1cnc2cc(F)c(F)cc21. The second-order valence-corrected chi connectivity index (χ2v) is 8.51. The number of rotatable bonds is 8. The van der Waals surface area contributed by atoms with E-state index in [4.69, 9.17) is 0 Å². The molecule has 1 atom stereocenters. The minimum Gasteiger partial charge on any atom is -0.354 e. The first-order chi connectivity index (χ1) is 15.8. The Morgan fingerprint density at radius 2 is 1.85 bits per heavy atom. The molecule has 0 spiro atoms. The van der Waals surface area contributed by atoms with Crippen LogP contribution in [-0.2, 0) is 11.2 Å². The molecule has 1 unspecified atom stereocenters. The molecule has 2 aromatic carbocycles. The summed E-state index contributed by atoms with van der Waals surface area (Å²) in [5.74, 6) is -2.16. The van der Waals surface area contributed by atoms with Crippen LogP contribution in [0.3, 0.4) is 0 Å². The van der Waals surface area contributed by atoms with E-state index in [1.54, 1.807) is 4.57 Å². The minimum atomic E-state index is -0.960. The number of para-hydroxylation sites is 1. The van der Waals surface area contributed by atoms with E-state index in [0.29, 0.717) is 17.6 Å². The van der Waals surface area contributed by atoms with Crippen LogP contribution in [0.15, 0.2) is 55.0 Å². The molecule has 0 aliphatic heterocycles. The zero-order valence-corrected chi connectivity index (χ0v) is 18.9. The van der Waals surface area contributed by atoms with Gasteiger partial charge >= 0.3 is 0 Å². The molecule has 172 valence electrons. The van der Waals surface area contributed by atoms with Crippen molar-refractivity contribution in [1.29, 1.82) is 0 Å². The van der Waals surface area contributed by atoms with Crippen LogP contribution in [0.2, 0.25) is 0 Å². The van der Waals surface area contributed by atoms with Crippen molar-refractivity contribution in [2.24, 2.45) is 5.92 Å². The van der Waals surface area contributed by atoms with Crippen molar-refractivity contribution in [2.75, 3.05) is 6.54 Å². The van der Waals surface area contributed by atoms with Gasteiger partial charge in [-0.15, -0.1) is 0 Å². The van der Waals surface area contributed by atoms with E-state index in [9.17, 15) is 13.6 Å². The molecule has 0 saturated heterocycles. The van der Waals surface area contributed by atoms with Gasteiger partial charge in [0, 0.05) is 24.9 Å². The quantitative estimate of drug-likeness (QED) is 0.393. The summed E-state index contributed by atoms with van der Waals surface area (Å²) in [4.78, 5) is 17.1. The molecule has 2 aromatic heterocycles. The highest BCUT2D eigenvalue weighted by molar-refractivity contribution is 5.84. The fourth-order valence-corrected chi connectivity index (χ4v) is 4.04. The second kappa shape index (κ2) is 9.52. The third-order valence-electron chi connectivity index (χ3n) is 5.76. The number of aryl methyl sites for hydroxylation is 2. The smallest absolute Gasteiger partial charge is 0.243 e. The van der Waals surface area contributed by atoms with Crippen LogP contribution >= 0.6 is 0 Å². The summed E-state index contributed by atoms with van der Waals surface area (Å²) in [6.07, 6.45) is 5.02. The molecule has 0 aliphatic rings. The number of carbonyl (C=O) groups is 1. The number of amides is 1. The van der Waals surface area contributed by atoms with Gasteiger partial charge in [-0.25, -0.2) is 18.4 Å². The lowest BCUT2D eigenvalue weighted by atomic mass is 10.0. The van der Waals surface area contributed by atoms with Crippen molar-refractivity contribution in [3.8, 4) is 5.69 Å². The van der Waals surface area contributed by atoms with Crippen molar-refractivity contribution in [3.05, 3.63) is 77.9 Å². The van der Waals surface area contributed by atoms with Gasteiger partial charge in [-0.1, -0.05) is 32.0 Å². The number of benzene rings is 2. The molecule has 0 fully saturated rings. The van der Waals surface area contributed by atoms with Gasteiger partial charge in [-0.05, 0) is 43.4 Å². The van der Waals surface area contributed by atoms with Crippen molar-refractivity contribution in [3.63, 3.8) is 0 Å². The predicted octanol–water partition coefficient (Wildman–Crippen LogP) is 4.75. The van der Waals surface area contributed by atoms with Crippen LogP contribution in [-0.4, -0.2) is 31.8 Å². The maximum Gasteiger partial charge on any atom is 0.243 e. The van der Waals surface area contributed by atoms with Gasteiger partial charge in [0.1, 0.15) is 6.04 Å². The van der Waals surface area contributed by atoms with Crippen molar-refractivity contribution in [2.45, 2.75) is 39.7 Å². The average molecular weight is 452 g/mol. The Morgan fingerprint density at radius 1 is 1.12 bits per heavy atom. The second-order valence-electron chi connectivity index (χ2n) is 8.51. The Hall–Kier alpha value is -3.55. The lowest BCUT2D eigenvalue weighted by Gasteiger charge is -2.22. The van der Waals surface area contributed by atoms with Gasteiger partial charge in [0.25, 0.3) is 0 Å². The molecule has 4 rings (SSSR count). The highest BCUT2D eigenvalue weighted by atomic mass is 19.2. The van der Waals surface area contributed by atoms with Gasteiger partial charge in [0.2, 0.25) is 5.91 Å². The first-order valence-electron chi connectivity index (χ1n) is 11.0. The molecule has 4 aromatic rings. The average Bonchev–Trinajstić information content (AvgIpc) is 3.35. The number of aromatic nitrogens is 4. The molecule has 1 N–H and O–H groups in total. The third kappa shape index (κ3) is 4.79. The maximum absolute atomic E-state index is 13.8. The van der Waals surface area contributed by atoms with Crippen LogP contribution in [0.1, 0.15) is 37.6 Å². The van der Waals surface area contributed by atoms with Gasteiger partial charge in [-0.2, -0.15) is 5.10 Å². The standard InChI is InChI=1S/C25H27F2N5O/c1-16(2)24(31-15-29-22-12-20(26)21(27)13-23(22)31)25(33)28-11-7-8-18-14-32(30-17(18)3)19-9-5-4-6-10-19/h4-6,9-10,12-16,24H,7-8,11H2,1-3H3,(H,28,33). The van der Waals surface area contributed by atoms with E-state index in [0.717, 1.165) is 41.9 Å². The summed E-state index contributed by atoms with van der Waals surface area (Å²) < 4.78 is 30.8. The Balaban J connectivity index is 1.40. The van der Waals surface area contributed by atoms with E-state index in [2.05, 4.69) is 15.4 Å². The summed E-state index contributed by atoms with van der Waals surface area (Å²) in [5.41, 5.74) is 3.81. The molecule has 0 radical (unpaired) electrons. The predicted molar refractivity (Wildman–Crippen MR) is 123 cm³/mol. The van der Waals surface area contributed by atoms with Crippen LogP contribution in [0, 0.1) is 24.5 Å². The van der Waals surface area contributed by atoms with Crippen LogP contribution in [0.4, 0.5) is 8.78 Å². The van der Waals surface area contributed by atoms with Crippen LogP contribution < -0.4 is 5.32 Å². The number of nitrogens with zero attached hydrogens (tertiary/aromatic N) is 4. The molecule has 6 nitrogen and oxygen atoms in total. The zero-order valence-electron chi connectivity index (χ0n) is 18.9. The number of fused-ring (bicyclic) bond motifs is 1. The van der Waals surface area contributed by atoms with Crippen molar-refractivity contribution in [1.82, 2.24) is 24.6 Å². The van der Waals surface area contributed by atoms with Crippen molar-refractivity contribution < 1.29 is 13.6 Å². The Labute approximate surface area is 191 Å². The number of halogens is 2. The number of hydrogen-bond acceptors (Lipinski definition) is 3. The van der Waals surface area contributed by atoms with Gasteiger partial charge < -0.3 is 9.88 Å². The lowest BCUT2D eigenvalue weighted by molar-refractivity contribution is -0.125. The van der Waals surface area contributed by atoms with Crippen LogP contribution in [0.5, 0.6) is 0 Å². The number of hydrogen-bond donors (Lipinski definition) is 1. The monoisotopic (exact) mass is 451 g/mol. The number of imidazole rings is 1. The molecule has 1 amide bonds. The zero-order chi connectivity index (χ0) is 23.5. The first-order valence-corrected chi connectivity index (χ1v) is 11.0. The van der Waals surface area contributed by atoms with E-state index in [1.165, 1.54) is 6.33 Å². The lowest BCUT2D eigenvalue weighted by Crippen LogP contribution is -2.35. The van der Waals surface area contributed by atoms with E-state index in [1.807, 2.05) is 62.0 Å². The van der Waals surface area contributed by atoms with E-state index >= 15 is 0 Å². The molecule has 33 heavy (non-hydrogen) atoms. The molecule has 0 bridgehead atoms. The van der Waals surface area contributed by atoms with Gasteiger partial charge in [0.05, 0.1) is 28.7 Å². The van der Waals surface area contributed by atoms with Crippen LogP contribution in [0.25, 0.3) is 16.7 Å². The normalized spacial score (nSPS) is 12.4. The molecule has 0 aliphatic carbocycles. The number of nitrogens with one attached hydrogen (secondary N) is 1. The summed E-state index contributed by atoms with van der Waals surface area (Å²) in [5, 5.41) is 7.57. The molecule has 2 heterocycles. The van der Waals surface area contributed by atoms with Gasteiger partial charge in [-0.3, -0.25) is 4.79 Å².